The molecule has 0 bridgehead atoms. The van der Waals surface area contributed by atoms with E-state index in [1.54, 1.807) is 11.8 Å². The van der Waals surface area contributed by atoms with E-state index in [1.165, 1.54) is 0 Å². The summed E-state index contributed by atoms with van der Waals surface area (Å²) in [6, 6.07) is -0.461. The zero-order chi connectivity index (χ0) is 14.9. The molecular weight excluding hydrogens is 258 g/mol. The highest BCUT2D eigenvalue weighted by Gasteiger charge is 2.49. The van der Waals surface area contributed by atoms with Crippen molar-refractivity contribution in [3.8, 4) is 0 Å². The summed E-state index contributed by atoms with van der Waals surface area (Å²) in [6.07, 6.45) is 2.78. The van der Waals surface area contributed by atoms with E-state index in [9.17, 15) is 9.59 Å². The molecule has 20 heavy (non-hydrogen) atoms. The van der Waals surface area contributed by atoms with Gasteiger partial charge in [0.2, 0.25) is 0 Å². The average molecular weight is 283 g/mol. The predicted octanol–water partition coefficient (Wildman–Crippen LogP) is 2.59. The molecule has 2 atom stereocenters. The predicted molar refractivity (Wildman–Crippen MR) is 74.2 cm³/mol. The minimum atomic E-state index is -0.548. The van der Waals surface area contributed by atoms with Crippen LogP contribution in [0.5, 0.6) is 0 Å². The van der Waals surface area contributed by atoms with Gasteiger partial charge in [-0.1, -0.05) is 0 Å². The lowest BCUT2D eigenvalue weighted by Gasteiger charge is -2.29. The van der Waals surface area contributed by atoms with Crippen LogP contribution >= 0.6 is 0 Å². The van der Waals surface area contributed by atoms with Crippen LogP contribution in [0.25, 0.3) is 0 Å². The van der Waals surface area contributed by atoms with E-state index in [4.69, 9.17) is 9.47 Å². The molecule has 5 heteroatoms. The Balaban J connectivity index is 2.10. The van der Waals surface area contributed by atoms with E-state index >= 15 is 0 Å². The van der Waals surface area contributed by atoms with Gasteiger partial charge in [-0.3, -0.25) is 4.90 Å². The molecule has 0 aromatic heterocycles. The van der Waals surface area contributed by atoms with Gasteiger partial charge in [0, 0.05) is 6.54 Å². The van der Waals surface area contributed by atoms with E-state index in [1.807, 2.05) is 20.8 Å². The lowest BCUT2D eigenvalue weighted by atomic mass is 9.95. The Morgan fingerprint density at radius 2 is 1.85 bits per heavy atom. The van der Waals surface area contributed by atoms with Crippen LogP contribution in [-0.2, 0) is 14.3 Å². The first kappa shape index (κ1) is 15.1. The quantitative estimate of drug-likeness (QED) is 0.747. The van der Waals surface area contributed by atoms with Crippen molar-refractivity contribution in [1.82, 2.24) is 4.90 Å². The highest BCUT2D eigenvalue weighted by molar-refractivity contribution is 5.82. The van der Waals surface area contributed by atoms with Crippen molar-refractivity contribution >= 4 is 12.1 Å². The van der Waals surface area contributed by atoms with Gasteiger partial charge in [-0.25, -0.2) is 9.59 Å². The number of hydrogen-bond acceptors (Lipinski definition) is 4. The summed E-state index contributed by atoms with van der Waals surface area (Å²) in [5.41, 5.74) is -0.548. The molecule has 2 aliphatic rings. The van der Waals surface area contributed by atoms with E-state index < -0.39 is 17.7 Å². The Hall–Kier alpha value is -1.26. The number of hydrogen-bond donors (Lipinski definition) is 0. The van der Waals surface area contributed by atoms with Crippen LogP contribution in [0.2, 0.25) is 0 Å². The zero-order valence-corrected chi connectivity index (χ0v) is 12.8. The van der Waals surface area contributed by atoms with Crippen molar-refractivity contribution in [3.63, 3.8) is 0 Å². The van der Waals surface area contributed by atoms with Gasteiger partial charge in [-0.15, -0.1) is 0 Å². The van der Waals surface area contributed by atoms with Gasteiger partial charge in [0.05, 0.1) is 6.61 Å². The lowest BCUT2D eigenvalue weighted by molar-refractivity contribution is -0.149. The summed E-state index contributed by atoms with van der Waals surface area (Å²) in [5.74, 6) is 0.520. The van der Waals surface area contributed by atoms with Crippen LogP contribution in [0, 0.1) is 11.8 Å². The molecule has 0 unspecified atom stereocenters. The number of rotatable bonds is 3. The molecule has 2 rings (SSSR count). The van der Waals surface area contributed by atoms with Gasteiger partial charge in [0.25, 0.3) is 0 Å². The molecule has 5 nitrogen and oxygen atoms in total. The largest absolute Gasteiger partial charge is 0.464 e. The van der Waals surface area contributed by atoms with Crippen LogP contribution in [-0.4, -0.2) is 41.8 Å². The molecule has 0 spiro atoms. The van der Waals surface area contributed by atoms with Gasteiger partial charge in [0.15, 0.2) is 0 Å². The third-order valence-electron chi connectivity index (χ3n) is 3.83. The molecule has 1 aliphatic carbocycles. The second-order valence-corrected chi connectivity index (χ2v) is 6.66. The maximum Gasteiger partial charge on any atom is 0.411 e. The molecule has 0 aromatic carbocycles. The average Bonchev–Trinajstić information content (AvgIpc) is 3.05. The standard InChI is InChI=1S/C15H25NO4/c1-5-19-13(17)12-11(10-6-7-10)8-9-16(12)14(18)20-15(2,3)4/h10-12H,5-9H2,1-4H3/t11-,12+/m1/s1. The van der Waals surface area contributed by atoms with Gasteiger partial charge in [-0.2, -0.15) is 0 Å². The van der Waals surface area contributed by atoms with E-state index in [2.05, 4.69) is 0 Å². The summed E-state index contributed by atoms with van der Waals surface area (Å²) in [7, 11) is 0. The first-order valence-electron chi connectivity index (χ1n) is 7.49. The van der Waals surface area contributed by atoms with Crippen LogP contribution in [0.3, 0.4) is 0 Å². The third-order valence-corrected chi connectivity index (χ3v) is 3.83. The first-order chi connectivity index (χ1) is 9.33. The van der Waals surface area contributed by atoms with Crippen LogP contribution in [0.4, 0.5) is 4.79 Å². The van der Waals surface area contributed by atoms with Crippen LogP contribution in [0.1, 0.15) is 47.0 Å². The van der Waals surface area contributed by atoms with Crippen molar-refractivity contribution in [2.24, 2.45) is 11.8 Å². The molecule has 0 radical (unpaired) electrons. The van der Waals surface area contributed by atoms with Gasteiger partial charge in [0.1, 0.15) is 11.6 Å². The summed E-state index contributed by atoms with van der Waals surface area (Å²) in [4.78, 5) is 26.0. The van der Waals surface area contributed by atoms with Crippen molar-refractivity contribution in [2.45, 2.75) is 58.6 Å². The molecule has 0 aromatic rings. The number of carbonyl (C=O) groups excluding carboxylic acids is 2. The summed E-state index contributed by atoms with van der Waals surface area (Å²) < 4.78 is 10.6. The Morgan fingerprint density at radius 1 is 1.20 bits per heavy atom. The number of likely N-dealkylation sites (tertiary alicyclic amines) is 1. The van der Waals surface area contributed by atoms with Crippen molar-refractivity contribution in [1.29, 1.82) is 0 Å². The number of nitrogens with zero attached hydrogens (tertiary/aromatic N) is 1. The van der Waals surface area contributed by atoms with Crippen molar-refractivity contribution in [2.75, 3.05) is 13.2 Å². The molecule has 1 saturated heterocycles. The maximum atomic E-state index is 12.3. The topological polar surface area (TPSA) is 55.8 Å². The van der Waals surface area contributed by atoms with Crippen molar-refractivity contribution in [3.05, 3.63) is 0 Å². The molecule has 114 valence electrons. The lowest BCUT2D eigenvalue weighted by Crippen LogP contribution is -2.46. The molecular formula is C15H25NO4. The van der Waals surface area contributed by atoms with E-state index in [-0.39, 0.29) is 11.9 Å². The summed E-state index contributed by atoms with van der Waals surface area (Å²) in [5, 5.41) is 0. The normalized spacial score (nSPS) is 26.5. The smallest absolute Gasteiger partial charge is 0.411 e. The number of amides is 1. The monoisotopic (exact) mass is 283 g/mol. The third kappa shape index (κ3) is 3.44. The number of carbonyl (C=O) groups is 2. The molecule has 2 fully saturated rings. The summed E-state index contributed by atoms with van der Waals surface area (Å²) >= 11 is 0. The van der Waals surface area contributed by atoms with E-state index in [0.29, 0.717) is 19.1 Å². The fourth-order valence-corrected chi connectivity index (χ4v) is 2.89. The summed E-state index contributed by atoms with van der Waals surface area (Å²) in [6.45, 7) is 8.21. The Bertz CT molecular complexity index is 384. The van der Waals surface area contributed by atoms with Gasteiger partial charge >= 0.3 is 12.1 Å². The SMILES string of the molecule is CCOC(=O)[C@@H]1[C@@H](C2CC2)CCN1C(=O)OC(C)(C)C. The highest BCUT2D eigenvalue weighted by Crippen LogP contribution is 2.45. The van der Waals surface area contributed by atoms with E-state index in [0.717, 1.165) is 19.3 Å². The maximum absolute atomic E-state index is 12.3. The fourth-order valence-electron chi connectivity index (χ4n) is 2.89. The fraction of sp³-hybridized carbons (Fsp3) is 0.867. The Kier molecular flexibility index (Phi) is 4.25. The minimum absolute atomic E-state index is 0.238. The number of ether oxygens (including phenoxy) is 2. The van der Waals surface area contributed by atoms with Gasteiger partial charge < -0.3 is 9.47 Å². The molecule has 1 amide bonds. The van der Waals surface area contributed by atoms with Crippen LogP contribution < -0.4 is 0 Å². The Labute approximate surface area is 120 Å². The zero-order valence-electron chi connectivity index (χ0n) is 12.8. The van der Waals surface area contributed by atoms with Crippen molar-refractivity contribution < 1.29 is 19.1 Å². The molecule has 0 N–H and O–H groups in total. The van der Waals surface area contributed by atoms with Crippen LogP contribution in [0.15, 0.2) is 0 Å². The molecule has 1 saturated carbocycles. The second kappa shape index (κ2) is 5.62. The highest BCUT2D eigenvalue weighted by atomic mass is 16.6. The minimum Gasteiger partial charge on any atom is -0.464 e. The number of esters is 1. The first-order valence-corrected chi connectivity index (χ1v) is 7.49. The second-order valence-electron chi connectivity index (χ2n) is 6.66. The molecule has 1 aliphatic heterocycles. The molecule has 1 heterocycles. The van der Waals surface area contributed by atoms with Gasteiger partial charge in [-0.05, 0) is 58.8 Å². The Morgan fingerprint density at radius 3 is 2.35 bits per heavy atom.